The molecule has 0 spiro atoms. The third-order valence-corrected chi connectivity index (χ3v) is 13.9. The van der Waals surface area contributed by atoms with Crippen molar-refractivity contribution >= 4 is 17.9 Å². The van der Waals surface area contributed by atoms with E-state index in [4.69, 9.17) is 18.9 Å². The van der Waals surface area contributed by atoms with Gasteiger partial charge in [-0.2, -0.15) is 0 Å². The first kappa shape index (κ1) is 74.5. The number of ether oxygens (including phenoxy) is 4. The van der Waals surface area contributed by atoms with Crippen molar-refractivity contribution in [3.63, 3.8) is 0 Å². The van der Waals surface area contributed by atoms with Crippen molar-refractivity contribution in [2.45, 2.75) is 289 Å². The molecular weight excluding hydrogens is 971 g/mol. The first-order valence-electron chi connectivity index (χ1n) is 32.2. The Bertz CT molecular complexity index is 1550. The van der Waals surface area contributed by atoms with Crippen molar-refractivity contribution in [3.05, 3.63) is 85.1 Å². The number of allylic oxidation sites excluding steroid dienone is 14. The van der Waals surface area contributed by atoms with Crippen LogP contribution in [0.25, 0.3) is 0 Å². The first-order valence-corrected chi connectivity index (χ1v) is 32.2. The van der Waals surface area contributed by atoms with Crippen LogP contribution in [-0.2, 0) is 33.3 Å². The number of quaternary nitrogens is 1. The molecule has 0 bridgehead atoms. The van der Waals surface area contributed by atoms with E-state index in [1.807, 2.05) is 21.1 Å². The van der Waals surface area contributed by atoms with Crippen molar-refractivity contribution in [2.75, 3.05) is 47.5 Å². The van der Waals surface area contributed by atoms with Gasteiger partial charge in [0, 0.05) is 12.8 Å². The number of nitrogens with zero attached hydrogens (tertiary/aromatic N) is 1. The van der Waals surface area contributed by atoms with Crippen LogP contribution in [0.15, 0.2) is 85.1 Å². The smallest absolute Gasteiger partial charge is 0.306 e. The Hall–Kier alpha value is -3.53. The fraction of sp³-hybridized carbons (Fsp3) is 0.754. The van der Waals surface area contributed by atoms with Crippen LogP contribution in [0.2, 0.25) is 0 Å². The van der Waals surface area contributed by atoms with Crippen LogP contribution in [0.5, 0.6) is 0 Å². The molecule has 0 aliphatic heterocycles. The Kier molecular flexibility index (Phi) is 56.9. The standard InChI is InChI=1S/C69H121NO8/c1-6-8-10-12-14-16-18-20-22-24-26-28-30-32-34-36-38-40-42-44-46-48-50-52-54-56-58-60-67(72)78-65(64-77-69(68(73)74)75-62-61-70(3,4)5)63-76-66(71)59-57-55-53-51-49-47-45-43-41-39-37-35-33-31-29-27-25-23-21-19-17-15-13-11-9-7-2/h8,10,14,16,20,22,26,28,32,34,38,40,44,46,65,69H,6-7,9,11-13,15,17-19,21,23-25,27,29-31,33,35-37,39,41-43,45,47-64H2,1-5H3/b10-8-,16-14-,22-20-,28-26-,34-32-,40-38-,46-44-. The minimum absolute atomic E-state index is 0.141. The molecule has 0 aromatic rings. The molecule has 0 heterocycles. The number of carbonyl (C=O) groups excluding carboxylic acids is 3. The maximum Gasteiger partial charge on any atom is 0.306 e. The van der Waals surface area contributed by atoms with Crippen LogP contribution in [-0.4, -0.2) is 82.3 Å². The van der Waals surface area contributed by atoms with Crippen LogP contribution >= 0.6 is 0 Å². The van der Waals surface area contributed by atoms with Gasteiger partial charge in [-0.3, -0.25) is 9.59 Å². The molecule has 0 rings (SSSR count). The van der Waals surface area contributed by atoms with Gasteiger partial charge in [0.1, 0.15) is 13.2 Å². The Labute approximate surface area is 480 Å². The number of esters is 2. The monoisotopic (exact) mass is 1090 g/mol. The number of hydrogen-bond acceptors (Lipinski definition) is 8. The molecule has 0 saturated carbocycles. The molecule has 0 N–H and O–H groups in total. The van der Waals surface area contributed by atoms with E-state index in [2.05, 4.69) is 98.9 Å². The lowest BCUT2D eigenvalue weighted by atomic mass is 10.0. The van der Waals surface area contributed by atoms with E-state index in [9.17, 15) is 19.5 Å². The molecule has 2 atom stereocenters. The Morgan fingerprint density at radius 1 is 0.397 bits per heavy atom. The molecule has 2 unspecified atom stereocenters. The van der Waals surface area contributed by atoms with Crippen LogP contribution in [0, 0.1) is 0 Å². The number of carbonyl (C=O) groups is 3. The number of aliphatic carboxylic acids is 1. The minimum Gasteiger partial charge on any atom is -0.545 e. The summed E-state index contributed by atoms with van der Waals surface area (Å²) < 4.78 is 22.7. The van der Waals surface area contributed by atoms with Crippen LogP contribution in [0.1, 0.15) is 277 Å². The number of rotatable bonds is 59. The average Bonchev–Trinajstić information content (AvgIpc) is 3.41. The molecule has 0 aromatic carbocycles. The summed E-state index contributed by atoms with van der Waals surface area (Å²) >= 11 is 0. The van der Waals surface area contributed by atoms with Crippen LogP contribution < -0.4 is 5.11 Å². The number of unbranched alkanes of at least 4 members (excludes halogenated alkanes) is 30. The summed E-state index contributed by atoms with van der Waals surface area (Å²) in [7, 11) is 5.92. The highest BCUT2D eigenvalue weighted by molar-refractivity contribution is 5.70. The summed E-state index contributed by atoms with van der Waals surface area (Å²) in [4.78, 5) is 37.4. The van der Waals surface area contributed by atoms with Crippen molar-refractivity contribution in [1.82, 2.24) is 0 Å². The number of likely N-dealkylation sites (N-methyl/N-ethyl adjacent to an activating group) is 1. The summed E-state index contributed by atoms with van der Waals surface area (Å²) in [5.74, 6) is -2.30. The number of hydrogen-bond donors (Lipinski definition) is 0. The van der Waals surface area contributed by atoms with Gasteiger partial charge in [-0.15, -0.1) is 0 Å². The molecule has 0 radical (unpaired) electrons. The van der Waals surface area contributed by atoms with E-state index in [-0.39, 0.29) is 38.6 Å². The summed E-state index contributed by atoms with van der Waals surface area (Å²) in [5, 5.41) is 11.8. The lowest BCUT2D eigenvalue weighted by Gasteiger charge is -2.26. The normalized spacial score (nSPS) is 13.3. The third kappa shape index (κ3) is 60.1. The number of carboxylic acid groups (broad SMARTS) is 1. The lowest BCUT2D eigenvalue weighted by Crippen LogP contribution is -2.44. The fourth-order valence-corrected chi connectivity index (χ4v) is 8.99. The van der Waals surface area contributed by atoms with Crippen LogP contribution in [0.3, 0.4) is 0 Å². The molecular formula is C69H121NO8. The van der Waals surface area contributed by atoms with Gasteiger partial charge in [0.2, 0.25) is 0 Å². The van der Waals surface area contributed by atoms with E-state index in [1.54, 1.807) is 0 Å². The average molecular weight is 1090 g/mol. The second kappa shape index (κ2) is 59.6. The van der Waals surface area contributed by atoms with E-state index < -0.39 is 24.3 Å². The van der Waals surface area contributed by atoms with Gasteiger partial charge >= 0.3 is 11.9 Å². The molecule has 450 valence electrons. The van der Waals surface area contributed by atoms with Crippen LogP contribution in [0.4, 0.5) is 0 Å². The van der Waals surface area contributed by atoms with Gasteiger partial charge in [0.05, 0.1) is 40.3 Å². The second-order valence-electron chi connectivity index (χ2n) is 22.7. The molecule has 9 nitrogen and oxygen atoms in total. The van der Waals surface area contributed by atoms with E-state index in [0.717, 1.165) is 96.3 Å². The van der Waals surface area contributed by atoms with Gasteiger partial charge in [0.25, 0.3) is 0 Å². The third-order valence-electron chi connectivity index (χ3n) is 13.9. The van der Waals surface area contributed by atoms with Crippen molar-refractivity contribution in [3.8, 4) is 0 Å². The van der Waals surface area contributed by atoms with Crippen molar-refractivity contribution in [2.24, 2.45) is 0 Å². The molecule has 0 aromatic heterocycles. The maximum atomic E-state index is 12.9. The maximum absolute atomic E-state index is 12.9. The first-order chi connectivity index (χ1) is 38.1. The lowest BCUT2D eigenvalue weighted by molar-refractivity contribution is -0.870. The minimum atomic E-state index is -1.63. The topological polar surface area (TPSA) is 111 Å². The van der Waals surface area contributed by atoms with Crippen molar-refractivity contribution in [1.29, 1.82) is 0 Å². The molecule has 0 aliphatic carbocycles. The SMILES string of the molecule is CC/C=C\C/C=C\C/C=C\C/C=C\C/C=C\C/C=C\C/C=C\CCCCCCCC(=O)OC(COC(=O)CCCCCCCCCCCCCCCCCCCCCCCCCCCC)COC(OCC[N+](C)(C)C)C(=O)[O-]. The predicted octanol–water partition coefficient (Wildman–Crippen LogP) is 18.2. The summed E-state index contributed by atoms with van der Waals surface area (Å²) in [6, 6.07) is 0. The predicted molar refractivity (Wildman–Crippen MR) is 329 cm³/mol. The van der Waals surface area contributed by atoms with Crippen molar-refractivity contribution < 1.29 is 42.9 Å². The Morgan fingerprint density at radius 2 is 0.731 bits per heavy atom. The zero-order chi connectivity index (χ0) is 56.9. The summed E-state index contributed by atoms with van der Waals surface area (Å²) in [5.41, 5.74) is 0. The summed E-state index contributed by atoms with van der Waals surface area (Å²) in [6.45, 7) is 4.64. The zero-order valence-corrected chi connectivity index (χ0v) is 51.3. The highest BCUT2D eigenvalue weighted by Gasteiger charge is 2.22. The highest BCUT2D eigenvalue weighted by Crippen LogP contribution is 2.17. The fourth-order valence-electron chi connectivity index (χ4n) is 8.99. The highest BCUT2D eigenvalue weighted by atomic mass is 16.7. The second-order valence-corrected chi connectivity index (χ2v) is 22.7. The quantitative estimate of drug-likeness (QED) is 0.0195. The molecule has 0 fully saturated rings. The van der Waals surface area contributed by atoms with E-state index in [0.29, 0.717) is 17.4 Å². The largest absolute Gasteiger partial charge is 0.545 e. The zero-order valence-electron chi connectivity index (χ0n) is 51.3. The molecule has 9 heteroatoms. The van der Waals surface area contributed by atoms with Gasteiger partial charge in [-0.1, -0.05) is 279 Å². The molecule has 0 amide bonds. The number of carboxylic acids is 1. The Morgan fingerprint density at radius 3 is 1.09 bits per heavy atom. The van der Waals surface area contributed by atoms with Gasteiger partial charge in [-0.25, -0.2) is 0 Å². The van der Waals surface area contributed by atoms with Gasteiger partial charge < -0.3 is 33.3 Å². The molecule has 78 heavy (non-hydrogen) atoms. The van der Waals surface area contributed by atoms with E-state index >= 15 is 0 Å². The van der Waals surface area contributed by atoms with E-state index in [1.165, 1.54) is 148 Å². The Balaban J connectivity index is 4.23. The molecule has 0 aliphatic rings. The van der Waals surface area contributed by atoms with Gasteiger partial charge in [-0.05, 0) is 70.6 Å². The molecule has 0 saturated heterocycles. The summed E-state index contributed by atoms with van der Waals surface area (Å²) in [6.07, 6.45) is 76.5. The van der Waals surface area contributed by atoms with Gasteiger partial charge in [0.15, 0.2) is 12.4 Å².